The van der Waals surface area contributed by atoms with Crippen molar-refractivity contribution in [1.82, 2.24) is 25.4 Å². The second kappa shape index (κ2) is 3.49. The van der Waals surface area contributed by atoms with Crippen LogP contribution < -0.4 is 0 Å². The van der Waals surface area contributed by atoms with Gasteiger partial charge in [-0.3, -0.25) is 4.79 Å². The average Bonchev–Trinajstić information content (AvgIpc) is 2.62. The number of fused-ring (bicyclic) bond motifs is 1. The number of aromatic nitrogens is 5. The Balaban J connectivity index is 2.53. The van der Waals surface area contributed by atoms with Gasteiger partial charge in [0.1, 0.15) is 5.52 Å². The molecule has 0 aliphatic carbocycles. The molecule has 10 heteroatoms. The van der Waals surface area contributed by atoms with Crippen LogP contribution in [0.1, 0.15) is 10.6 Å². The highest BCUT2D eigenvalue weighted by Gasteiger charge is 2.10. The fraction of sp³-hybridized carbons (Fsp3) is 0. The molecule has 2 aromatic rings. The highest BCUT2D eigenvalue weighted by molar-refractivity contribution is 7.62. The minimum Gasteiger partial charge on any atom is -0.262 e. The number of hydrogen-bond acceptors (Lipinski definition) is 7. The molecule has 0 saturated heterocycles. The number of rotatable bonds is 1. The van der Waals surface area contributed by atoms with Crippen LogP contribution in [0.25, 0.3) is 11.2 Å². The Kier molecular flexibility index (Phi) is 2.17. The molecule has 1 N–H and O–H groups in total. The molecule has 2 aromatic heterocycles. The lowest BCUT2D eigenvalue weighted by Gasteiger charge is -1.89. The lowest BCUT2D eigenvalue weighted by molar-refractivity contribution is 0.0995. The van der Waals surface area contributed by atoms with E-state index >= 15 is 0 Å². The van der Waals surface area contributed by atoms with E-state index < -0.39 is 16.4 Å². The Hall–Kier alpha value is -2.23. The minimum absolute atomic E-state index is 0.167. The molecule has 0 aromatic carbocycles. The summed E-state index contributed by atoms with van der Waals surface area (Å²) in [5, 5.41) is 9.54. The molecule has 0 aliphatic heterocycles. The predicted octanol–water partition coefficient (Wildman–Crippen LogP) is -1.05. The molecule has 0 bridgehead atoms. The highest BCUT2D eigenvalue weighted by Crippen LogP contribution is 2.03. The van der Waals surface area contributed by atoms with Gasteiger partial charge in [-0.2, -0.15) is 18.7 Å². The van der Waals surface area contributed by atoms with Crippen molar-refractivity contribution >= 4 is 27.6 Å². The summed E-state index contributed by atoms with van der Waals surface area (Å²) in [7, 11) is -2.82. The van der Waals surface area contributed by atoms with Crippen LogP contribution in [0.15, 0.2) is 10.6 Å². The molecular weight excluding hydrogens is 224 g/mol. The minimum atomic E-state index is -2.82. The van der Waals surface area contributed by atoms with Crippen molar-refractivity contribution < 1.29 is 13.2 Å². The smallest absolute Gasteiger partial charge is 0.262 e. The predicted molar refractivity (Wildman–Crippen MR) is 45.2 cm³/mol. The third-order valence-electron chi connectivity index (χ3n) is 1.43. The Labute approximate surface area is 83.3 Å². The van der Waals surface area contributed by atoms with Gasteiger partial charge in [0, 0.05) is 0 Å². The van der Waals surface area contributed by atoms with Crippen molar-refractivity contribution in [2.24, 2.45) is 4.36 Å². The van der Waals surface area contributed by atoms with Gasteiger partial charge in [0.05, 0.1) is 6.20 Å². The summed E-state index contributed by atoms with van der Waals surface area (Å²) in [6.07, 6.45) is 1.24. The lowest BCUT2D eigenvalue weighted by Crippen LogP contribution is -2.02. The first-order valence-electron chi connectivity index (χ1n) is 3.56. The van der Waals surface area contributed by atoms with Crippen molar-refractivity contribution in [3.05, 3.63) is 12.0 Å². The molecule has 15 heavy (non-hydrogen) atoms. The molecular formula is C5H2N6O3S. The highest BCUT2D eigenvalue weighted by atomic mass is 32.2. The average molecular weight is 226 g/mol. The van der Waals surface area contributed by atoms with E-state index in [1.165, 1.54) is 6.20 Å². The molecule has 0 radical (unpaired) electrons. The summed E-state index contributed by atoms with van der Waals surface area (Å²) in [5.74, 6) is -1.39. The van der Waals surface area contributed by atoms with Crippen LogP contribution in [-0.4, -0.2) is 39.7 Å². The van der Waals surface area contributed by atoms with Gasteiger partial charge in [0.15, 0.2) is 0 Å². The number of H-pyrrole nitrogens is 1. The maximum atomic E-state index is 11.1. The molecule has 2 heterocycles. The molecule has 0 unspecified atom stereocenters. The van der Waals surface area contributed by atoms with Gasteiger partial charge in [-0.1, -0.05) is 4.36 Å². The van der Waals surface area contributed by atoms with Gasteiger partial charge in [-0.25, -0.2) is 9.97 Å². The number of carbonyl (C=O) groups excluding carboxylic acids is 1. The van der Waals surface area contributed by atoms with E-state index in [0.29, 0.717) is 5.52 Å². The first-order chi connectivity index (χ1) is 7.16. The molecule has 0 aliphatic rings. The van der Waals surface area contributed by atoms with Gasteiger partial charge in [0.2, 0.25) is 11.5 Å². The van der Waals surface area contributed by atoms with Crippen molar-refractivity contribution in [3.8, 4) is 0 Å². The number of nitrogens with zero attached hydrogens (tertiary/aromatic N) is 5. The number of hydrogen-bond donors (Lipinski definition) is 1. The van der Waals surface area contributed by atoms with E-state index in [2.05, 4.69) is 29.7 Å². The van der Waals surface area contributed by atoms with Crippen molar-refractivity contribution in [2.75, 3.05) is 0 Å². The van der Waals surface area contributed by atoms with Gasteiger partial charge < -0.3 is 0 Å². The second-order valence-corrected chi connectivity index (χ2v) is 2.96. The van der Waals surface area contributed by atoms with Crippen LogP contribution >= 0.6 is 0 Å². The first-order valence-corrected chi connectivity index (χ1v) is 4.59. The topological polar surface area (TPSA) is 131 Å². The van der Waals surface area contributed by atoms with Crippen molar-refractivity contribution in [1.29, 1.82) is 0 Å². The van der Waals surface area contributed by atoms with Crippen molar-refractivity contribution in [3.63, 3.8) is 0 Å². The summed E-state index contributed by atoms with van der Waals surface area (Å²) >= 11 is 0. The van der Waals surface area contributed by atoms with Crippen LogP contribution in [0.5, 0.6) is 0 Å². The van der Waals surface area contributed by atoms with Gasteiger partial charge >= 0.3 is 16.4 Å². The maximum Gasteiger partial charge on any atom is 0.329 e. The number of nitrogens with one attached hydrogen (secondary N) is 1. The van der Waals surface area contributed by atoms with Crippen LogP contribution in [0, 0.1) is 0 Å². The Bertz CT molecular complexity index is 650. The van der Waals surface area contributed by atoms with E-state index in [1.807, 2.05) is 0 Å². The zero-order chi connectivity index (χ0) is 10.8. The zero-order valence-corrected chi connectivity index (χ0v) is 7.76. The van der Waals surface area contributed by atoms with E-state index in [-0.39, 0.29) is 11.5 Å². The molecule has 0 fully saturated rings. The van der Waals surface area contributed by atoms with E-state index in [0.717, 1.165) is 0 Å². The lowest BCUT2D eigenvalue weighted by atomic mass is 10.5. The van der Waals surface area contributed by atoms with Crippen LogP contribution in [-0.2, 0) is 10.5 Å². The molecule has 0 spiro atoms. The SMILES string of the molecule is O=C(N=S(=O)=O)c1ncc2n[nH]nc2n1. The van der Waals surface area contributed by atoms with E-state index in [1.54, 1.807) is 0 Å². The molecule has 2 rings (SSSR count). The van der Waals surface area contributed by atoms with E-state index in [4.69, 9.17) is 0 Å². The summed E-state index contributed by atoms with van der Waals surface area (Å²) in [4.78, 5) is 18.3. The van der Waals surface area contributed by atoms with Crippen LogP contribution in [0.4, 0.5) is 0 Å². The van der Waals surface area contributed by atoms with Crippen LogP contribution in [0.3, 0.4) is 0 Å². The number of aromatic amines is 1. The monoisotopic (exact) mass is 226 g/mol. The quantitative estimate of drug-likeness (QED) is 0.656. The van der Waals surface area contributed by atoms with Gasteiger partial charge in [-0.15, -0.1) is 5.10 Å². The second-order valence-electron chi connectivity index (χ2n) is 2.34. The first kappa shape index (κ1) is 9.33. The van der Waals surface area contributed by atoms with Crippen molar-refractivity contribution in [2.45, 2.75) is 0 Å². The molecule has 0 atom stereocenters. The third-order valence-corrected chi connectivity index (χ3v) is 1.74. The number of carbonyl (C=O) groups is 1. The Morgan fingerprint density at radius 2 is 2.20 bits per heavy atom. The molecule has 0 saturated carbocycles. The van der Waals surface area contributed by atoms with Crippen LogP contribution in [0.2, 0.25) is 0 Å². The Morgan fingerprint density at radius 3 is 2.93 bits per heavy atom. The molecule has 1 amide bonds. The summed E-state index contributed by atoms with van der Waals surface area (Å²) < 4.78 is 23.0. The molecule has 9 nitrogen and oxygen atoms in total. The van der Waals surface area contributed by atoms with Gasteiger partial charge in [0.25, 0.3) is 0 Å². The normalized spacial score (nSPS) is 10.1. The largest absolute Gasteiger partial charge is 0.329 e. The van der Waals surface area contributed by atoms with E-state index in [9.17, 15) is 13.2 Å². The fourth-order valence-corrected chi connectivity index (χ4v) is 1.08. The molecule has 76 valence electrons. The van der Waals surface area contributed by atoms with Gasteiger partial charge in [-0.05, 0) is 0 Å². The summed E-state index contributed by atoms with van der Waals surface area (Å²) in [5.41, 5.74) is 0.537. The Morgan fingerprint density at radius 1 is 1.40 bits per heavy atom. The maximum absolute atomic E-state index is 11.1. The number of amides is 1. The fourth-order valence-electron chi connectivity index (χ4n) is 0.865. The summed E-state index contributed by atoms with van der Waals surface area (Å²) in [6, 6.07) is 0. The third kappa shape index (κ3) is 1.83. The standard InChI is InChI=1S/C5H2N6O3S/c12-5(10-15(13)14)4-6-1-2-3(7-4)9-11-8-2/h1H,(H,6,7,8,9,11). The zero-order valence-electron chi connectivity index (χ0n) is 6.95. The summed E-state index contributed by atoms with van der Waals surface area (Å²) in [6.45, 7) is 0.